The molecule has 0 saturated carbocycles. The molecule has 1 spiro atoms. The van der Waals surface area contributed by atoms with E-state index in [2.05, 4.69) is 26.6 Å². The Labute approximate surface area is 175 Å². The minimum absolute atomic E-state index is 0.257. The number of anilines is 3. The Bertz CT molecular complexity index is 1160. The minimum atomic E-state index is -1.40. The van der Waals surface area contributed by atoms with Gasteiger partial charge in [-0.05, 0) is 54.6 Å². The highest BCUT2D eigenvalue weighted by Gasteiger charge is 2.57. The molecule has 7 heteroatoms. The molecule has 2 aliphatic rings. The number of halogens is 1. The zero-order valence-corrected chi connectivity index (χ0v) is 17.0. The molecule has 0 saturated heterocycles. The van der Waals surface area contributed by atoms with Crippen molar-refractivity contribution < 1.29 is 14.3 Å². The van der Waals surface area contributed by atoms with E-state index in [0.717, 1.165) is 4.47 Å². The molecule has 2 amide bonds. The normalized spacial score (nSPS) is 19.4. The second-order valence-electron chi connectivity index (χ2n) is 6.86. The van der Waals surface area contributed by atoms with Gasteiger partial charge in [-0.2, -0.15) is 0 Å². The first-order chi connectivity index (χ1) is 14.0. The van der Waals surface area contributed by atoms with Crippen molar-refractivity contribution in [1.82, 2.24) is 0 Å². The molecule has 0 aromatic heterocycles. The summed E-state index contributed by atoms with van der Waals surface area (Å²) in [5.74, 6) is 0.0939. The first kappa shape index (κ1) is 17.8. The van der Waals surface area contributed by atoms with Crippen molar-refractivity contribution in [3.63, 3.8) is 0 Å². The van der Waals surface area contributed by atoms with Crippen molar-refractivity contribution in [2.24, 2.45) is 0 Å². The number of methoxy groups -OCH3 is 1. The molecule has 144 valence electrons. The van der Waals surface area contributed by atoms with Crippen molar-refractivity contribution in [3.05, 3.63) is 82.3 Å². The molecule has 6 nitrogen and oxygen atoms in total. The predicted octanol–water partition coefficient (Wildman–Crippen LogP) is 4.34. The quantitative estimate of drug-likeness (QED) is 0.610. The van der Waals surface area contributed by atoms with Gasteiger partial charge in [-0.1, -0.05) is 28.1 Å². The lowest BCUT2D eigenvalue weighted by Gasteiger charge is -2.44. The van der Waals surface area contributed by atoms with Crippen LogP contribution in [0.25, 0.3) is 0 Å². The summed E-state index contributed by atoms with van der Waals surface area (Å²) in [5, 5.41) is 6.27. The first-order valence-corrected chi connectivity index (χ1v) is 9.81. The second-order valence-corrected chi connectivity index (χ2v) is 7.78. The van der Waals surface area contributed by atoms with Gasteiger partial charge in [-0.15, -0.1) is 0 Å². The highest BCUT2D eigenvalue weighted by molar-refractivity contribution is 9.10. The summed E-state index contributed by atoms with van der Waals surface area (Å²) in [6, 6.07) is 19.8. The number of amides is 2. The zero-order valence-electron chi connectivity index (χ0n) is 15.4. The molecule has 1 unspecified atom stereocenters. The highest BCUT2D eigenvalue weighted by Crippen LogP contribution is 2.48. The Morgan fingerprint density at radius 3 is 2.48 bits per heavy atom. The molecule has 3 aromatic rings. The number of para-hydroxylation sites is 1. The van der Waals surface area contributed by atoms with Crippen molar-refractivity contribution in [2.45, 2.75) is 5.66 Å². The third-order valence-electron chi connectivity index (χ3n) is 5.29. The van der Waals surface area contributed by atoms with Crippen LogP contribution in [0.15, 0.2) is 71.2 Å². The first-order valence-electron chi connectivity index (χ1n) is 9.02. The highest BCUT2D eigenvalue weighted by atomic mass is 79.9. The Morgan fingerprint density at radius 1 is 0.966 bits per heavy atom. The number of nitrogens with one attached hydrogen (secondary N) is 2. The molecule has 0 fully saturated rings. The molecule has 29 heavy (non-hydrogen) atoms. The second kappa shape index (κ2) is 6.35. The average molecular weight is 450 g/mol. The molecular weight excluding hydrogens is 434 g/mol. The molecule has 2 heterocycles. The van der Waals surface area contributed by atoms with Crippen LogP contribution in [0, 0.1) is 0 Å². The molecule has 1 atom stereocenters. The number of carbonyl (C=O) groups is 2. The number of hydrogen-bond donors (Lipinski definition) is 2. The van der Waals surface area contributed by atoms with Gasteiger partial charge >= 0.3 is 0 Å². The number of ether oxygens (including phenoxy) is 1. The Kier molecular flexibility index (Phi) is 3.89. The minimum Gasteiger partial charge on any atom is -0.497 e. The lowest BCUT2D eigenvalue weighted by molar-refractivity contribution is -0.119. The molecule has 0 radical (unpaired) electrons. The molecular formula is C22H16BrN3O3. The van der Waals surface area contributed by atoms with E-state index in [1.54, 1.807) is 37.4 Å². The van der Waals surface area contributed by atoms with E-state index in [0.29, 0.717) is 33.9 Å². The van der Waals surface area contributed by atoms with E-state index < -0.39 is 5.66 Å². The third-order valence-corrected chi connectivity index (χ3v) is 5.78. The maximum atomic E-state index is 13.6. The van der Waals surface area contributed by atoms with Crippen LogP contribution >= 0.6 is 15.9 Å². The Morgan fingerprint density at radius 2 is 1.72 bits per heavy atom. The number of fused-ring (bicyclic) bond motifs is 3. The molecule has 2 aliphatic heterocycles. The largest absolute Gasteiger partial charge is 0.497 e. The summed E-state index contributed by atoms with van der Waals surface area (Å²) in [4.78, 5) is 28.5. The molecule has 0 aliphatic carbocycles. The van der Waals surface area contributed by atoms with E-state index in [4.69, 9.17) is 4.74 Å². The van der Waals surface area contributed by atoms with Gasteiger partial charge in [0.2, 0.25) is 5.66 Å². The fourth-order valence-corrected chi connectivity index (χ4v) is 4.31. The van der Waals surface area contributed by atoms with Gasteiger partial charge in [0.05, 0.1) is 12.7 Å². The lowest BCUT2D eigenvalue weighted by Crippen LogP contribution is -2.61. The number of hydrogen-bond acceptors (Lipinski definition) is 4. The van der Waals surface area contributed by atoms with Crippen molar-refractivity contribution in [1.29, 1.82) is 0 Å². The number of nitrogens with zero attached hydrogens (tertiary/aromatic N) is 1. The van der Waals surface area contributed by atoms with Gasteiger partial charge in [-0.25, -0.2) is 0 Å². The van der Waals surface area contributed by atoms with E-state index in [1.807, 2.05) is 36.4 Å². The number of benzene rings is 3. The topological polar surface area (TPSA) is 70.7 Å². The Balaban J connectivity index is 1.79. The third kappa shape index (κ3) is 2.47. The molecule has 2 N–H and O–H groups in total. The van der Waals surface area contributed by atoms with E-state index in [9.17, 15) is 9.59 Å². The fourth-order valence-electron chi connectivity index (χ4n) is 3.95. The summed E-state index contributed by atoms with van der Waals surface area (Å²) in [6.07, 6.45) is 0. The van der Waals surface area contributed by atoms with Crippen LogP contribution < -0.4 is 20.3 Å². The van der Waals surface area contributed by atoms with Crippen LogP contribution in [0.5, 0.6) is 5.75 Å². The standard InChI is InChI=1S/C22H16BrN3O3/c1-29-15-9-7-14(8-10-15)26-20(27)16-4-2-3-5-18(16)25-22(26)17-12-13(23)6-11-19(17)24-21(22)28/h2-12,25H,1H3,(H,24,28). The predicted molar refractivity (Wildman–Crippen MR) is 114 cm³/mol. The zero-order chi connectivity index (χ0) is 20.2. The number of rotatable bonds is 2. The van der Waals surface area contributed by atoms with Gasteiger partial charge < -0.3 is 15.4 Å². The van der Waals surface area contributed by atoms with Crippen LogP contribution in [-0.2, 0) is 10.5 Å². The van der Waals surface area contributed by atoms with Crippen molar-refractivity contribution in [2.75, 3.05) is 22.6 Å². The van der Waals surface area contributed by atoms with Crippen LogP contribution in [0.2, 0.25) is 0 Å². The van der Waals surface area contributed by atoms with Gasteiger partial charge in [-0.3, -0.25) is 14.5 Å². The van der Waals surface area contributed by atoms with E-state index >= 15 is 0 Å². The maximum absolute atomic E-state index is 13.6. The summed E-state index contributed by atoms with van der Waals surface area (Å²) in [5.41, 5.74) is 1.64. The fraction of sp³-hybridized carbons (Fsp3) is 0.0909. The summed E-state index contributed by atoms with van der Waals surface area (Å²) >= 11 is 3.49. The molecule has 5 rings (SSSR count). The van der Waals surface area contributed by atoms with Gasteiger partial charge in [0.15, 0.2) is 0 Å². The maximum Gasteiger partial charge on any atom is 0.276 e. The summed E-state index contributed by atoms with van der Waals surface area (Å²) in [6.45, 7) is 0. The van der Waals surface area contributed by atoms with Gasteiger partial charge in [0.25, 0.3) is 11.8 Å². The van der Waals surface area contributed by atoms with Crippen LogP contribution in [0.3, 0.4) is 0 Å². The van der Waals surface area contributed by atoms with Crippen LogP contribution in [0.1, 0.15) is 15.9 Å². The van der Waals surface area contributed by atoms with Gasteiger partial charge in [0.1, 0.15) is 5.75 Å². The van der Waals surface area contributed by atoms with E-state index in [-0.39, 0.29) is 11.8 Å². The molecule has 0 bridgehead atoms. The van der Waals surface area contributed by atoms with Crippen LogP contribution in [-0.4, -0.2) is 18.9 Å². The summed E-state index contributed by atoms with van der Waals surface area (Å²) < 4.78 is 6.06. The smallest absolute Gasteiger partial charge is 0.276 e. The monoisotopic (exact) mass is 449 g/mol. The van der Waals surface area contributed by atoms with Gasteiger partial charge in [0, 0.05) is 27.1 Å². The van der Waals surface area contributed by atoms with Crippen LogP contribution in [0.4, 0.5) is 17.1 Å². The Hall–Kier alpha value is -3.32. The van der Waals surface area contributed by atoms with Crippen molar-refractivity contribution in [3.8, 4) is 5.75 Å². The SMILES string of the molecule is COc1ccc(N2C(=O)c3ccccc3NC23C(=O)Nc2ccc(Br)cc23)cc1. The molecule has 3 aromatic carbocycles. The summed E-state index contributed by atoms with van der Waals surface area (Å²) in [7, 11) is 1.58. The number of carbonyl (C=O) groups excluding carboxylic acids is 2. The lowest BCUT2D eigenvalue weighted by atomic mass is 9.92. The van der Waals surface area contributed by atoms with E-state index in [1.165, 1.54) is 4.90 Å². The average Bonchev–Trinajstić information content (AvgIpc) is 3.00. The van der Waals surface area contributed by atoms with Crippen molar-refractivity contribution >= 4 is 44.8 Å².